The second-order valence-electron chi connectivity index (χ2n) is 4.00. The molecule has 1 atom stereocenters. The lowest BCUT2D eigenvalue weighted by Gasteiger charge is -2.34. The van der Waals surface area contributed by atoms with Crippen LogP contribution in [0.2, 0.25) is 0 Å². The molecule has 2 rings (SSSR count). The maximum Gasteiger partial charge on any atom is 0.391 e. The van der Waals surface area contributed by atoms with Crippen molar-refractivity contribution in [3.8, 4) is 5.75 Å². The van der Waals surface area contributed by atoms with Gasteiger partial charge >= 0.3 is 6.18 Å². The van der Waals surface area contributed by atoms with E-state index in [1.165, 1.54) is 11.1 Å². The smallest absolute Gasteiger partial charge is 0.391 e. The first-order valence-corrected chi connectivity index (χ1v) is 5.13. The van der Waals surface area contributed by atoms with Gasteiger partial charge in [0, 0.05) is 7.05 Å². The molecular weight excluding hydrogens is 235 g/mol. The Kier molecular flexibility index (Phi) is 2.84. The second-order valence-corrected chi connectivity index (χ2v) is 4.00. The monoisotopic (exact) mass is 247 g/mol. The van der Waals surface area contributed by atoms with Gasteiger partial charge in [0.2, 0.25) is 0 Å². The minimum atomic E-state index is -4.21. The van der Waals surface area contributed by atoms with Crippen LogP contribution >= 0.6 is 0 Å². The fourth-order valence-corrected chi connectivity index (χ4v) is 1.74. The molecule has 0 saturated heterocycles. The maximum absolute atomic E-state index is 12.4. The number of hydrogen-bond acceptors (Lipinski definition) is 4. The summed E-state index contributed by atoms with van der Waals surface area (Å²) in [4.78, 5) is 9.54. The predicted octanol–water partition coefficient (Wildman–Crippen LogP) is 1.93. The molecule has 1 aromatic heterocycles. The summed E-state index contributed by atoms with van der Waals surface area (Å²) < 4.78 is 42.3. The van der Waals surface area contributed by atoms with Gasteiger partial charge in [-0.2, -0.15) is 13.2 Å². The molecule has 0 aliphatic carbocycles. The normalized spacial score (nSPS) is 19.8. The largest absolute Gasteiger partial charge is 0.486 e. The summed E-state index contributed by atoms with van der Waals surface area (Å²) in [5, 5.41) is 0. The van der Waals surface area contributed by atoms with E-state index in [0.29, 0.717) is 17.4 Å². The predicted molar refractivity (Wildman–Crippen MR) is 55.1 cm³/mol. The zero-order valence-electron chi connectivity index (χ0n) is 9.45. The van der Waals surface area contributed by atoms with Gasteiger partial charge in [-0.15, -0.1) is 0 Å². The van der Waals surface area contributed by atoms with Crippen molar-refractivity contribution < 1.29 is 17.9 Å². The third kappa shape index (κ3) is 2.59. The van der Waals surface area contributed by atoms with Gasteiger partial charge < -0.3 is 9.64 Å². The van der Waals surface area contributed by atoms with Crippen molar-refractivity contribution in [2.45, 2.75) is 25.6 Å². The maximum atomic E-state index is 12.4. The van der Waals surface area contributed by atoms with E-state index in [-0.39, 0.29) is 6.61 Å². The number of halogens is 3. The number of rotatable bonds is 1. The average Bonchev–Trinajstić information content (AvgIpc) is 2.21. The first-order chi connectivity index (χ1) is 7.87. The molecule has 1 unspecified atom stereocenters. The third-order valence-electron chi connectivity index (χ3n) is 2.64. The number of aromatic nitrogens is 2. The molecule has 2 heterocycles. The standard InChI is InChI=1S/C10H12F3N3O/c1-6-14-4-8-9(15-6)16(2)7(5-17-8)3-10(11,12)13/h4,7H,3,5H2,1-2H3. The third-order valence-corrected chi connectivity index (χ3v) is 2.64. The molecule has 0 radical (unpaired) electrons. The number of aryl methyl sites for hydroxylation is 1. The Bertz CT molecular complexity index is 422. The SMILES string of the molecule is Cc1ncc2c(n1)N(C)C(CC(F)(F)F)CO2. The average molecular weight is 247 g/mol. The van der Waals surface area contributed by atoms with Crippen molar-refractivity contribution in [3.63, 3.8) is 0 Å². The van der Waals surface area contributed by atoms with Crippen LogP contribution in [-0.2, 0) is 0 Å². The molecule has 17 heavy (non-hydrogen) atoms. The van der Waals surface area contributed by atoms with Crippen molar-refractivity contribution in [2.24, 2.45) is 0 Å². The summed E-state index contributed by atoms with van der Waals surface area (Å²) in [6.45, 7) is 1.68. The van der Waals surface area contributed by atoms with Gasteiger partial charge in [0.05, 0.1) is 18.7 Å². The zero-order valence-corrected chi connectivity index (χ0v) is 9.45. The molecule has 0 bridgehead atoms. The molecule has 1 aliphatic heterocycles. The van der Waals surface area contributed by atoms with Crippen LogP contribution in [0.4, 0.5) is 19.0 Å². The van der Waals surface area contributed by atoms with Gasteiger partial charge in [0.25, 0.3) is 0 Å². The first-order valence-electron chi connectivity index (χ1n) is 5.13. The Hall–Kier alpha value is -1.53. The number of ether oxygens (including phenoxy) is 1. The zero-order chi connectivity index (χ0) is 12.6. The van der Waals surface area contributed by atoms with Crippen LogP contribution in [0.5, 0.6) is 5.75 Å². The molecule has 0 spiro atoms. The summed E-state index contributed by atoms with van der Waals surface area (Å²) in [5.41, 5.74) is 0. The van der Waals surface area contributed by atoms with Gasteiger partial charge in [-0.05, 0) is 6.92 Å². The van der Waals surface area contributed by atoms with Gasteiger partial charge in [-0.3, -0.25) is 0 Å². The first kappa shape index (κ1) is 11.9. The highest BCUT2D eigenvalue weighted by Crippen LogP contribution is 2.34. The van der Waals surface area contributed by atoms with Gasteiger partial charge in [0.1, 0.15) is 12.4 Å². The Labute approximate surface area is 96.4 Å². The molecule has 0 fully saturated rings. The number of hydrogen-bond donors (Lipinski definition) is 0. The summed E-state index contributed by atoms with van der Waals surface area (Å²) in [6, 6.07) is -0.739. The molecule has 0 aromatic carbocycles. The molecule has 4 nitrogen and oxygen atoms in total. The molecule has 94 valence electrons. The van der Waals surface area contributed by atoms with Crippen LogP contribution in [0, 0.1) is 6.92 Å². The Morgan fingerprint density at radius 1 is 1.53 bits per heavy atom. The van der Waals surface area contributed by atoms with Crippen LogP contribution in [-0.4, -0.2) is 35.8 Å². The lowest BCUT2D eigenvalue weighted by atomic mass is 10.1. The molecule has 0 N–H and O–H groups in total. The minimum absolute atomic E-state index is 0.00453. The molecule has 0 amide bonds. The highest BCUT2D eigenvalue weighted by Gasteiger charge is 2.37. The molecule has 1 aromatic rings. The summed E-state index contributed by atoms with van der Waals surface area (Å²) in [6.07, 6.45) is -3.63. The Morgan fingerprint density at radius 3 is 2.88 bits per heavy atom. The van der Waals surface area contributed by atoms with E-state index in [0.717, 1.165) is 0 Å². The van der Waals surface area contributed by atoms with Crippen LogP contribution in [0.15, 0.2) is 6.20 Å². The van der Waals surface area contributed by atoms with Crippen molar-refractivity contribution in [1.29, 1.82) is 0 Å². The lowest BCUT2D eigenvalue weighted by molar-refractivity contribution is -0.140. The molecule has 0 saturated carbocycles. The summed E-state index contributed by atoms with van der Waals surface area (Å²) in [5.74, 6) is 1.35. The van der Waals surface area contributed by atoms with E-state index in [2.05, 4.69) is 9.97 Å². The van der Waals surface area contributed by atoms with Crippen molar-refractivity contribution in [3.05, 3.63) is 12.0 Å². The number of nitrogens with zero attached hydrogens (tertiary/aromatic N) is 3. The number of likely N-dealkylation sites (N-methyl/N-ethyl adjacent to an activating group) is 1. The van der Waals surface area contributed by atoms with Crippen molar-refractivity contribution in [1.82, 2.24) is 9.97 Å². The highest BCUT2D eigenvalue weighted by molar-refractivity contribution is 5.53. The molecular formula is C10H12F3N3O. The van der Waals surface area contributed by atoms with Crippen LogP contribution < -0.4 is 9.64 Å². The minimum Gasteiger partial charge on any atom is -0.486 e. The number of anilines is 1. The van der Waals surface area contributed by atoms with E-state index in [1.807, 2.05) is 0 Å². The van der Waals surface area contributed by atoms with Crippen molar-refractivity contribution in [2.75, 3.05) is 18.6 Å². The van der Waals surface area contributed by atoms with E-state index in [4.69, 9.17) is 4.74 Å². The summed E-state index contributed by atoms with van der Waals surface area (Å²) >= 11 is 0. The van der Waals surface area contributed by atoms with Gasteiger partial charge in [0.15, 0.2) is 11.6 Å². The van der Waals surface area contributed by atoms with Crippen LogP contribution in [0.1, 0.15) is 12.2 Å². The fourth-order valence-electron chi connectivity index (χ4n) is 1.74. The quantitative estimate of drug-likeness (QED) is 0.760. The number of alkyl halides is 3. The molecule has 7 heteroatoms. The second kappa shape index (κ2) is 4.05. The van der Waals surface area contributed by atoms with Crippen LogP contribution in [0.25, 0.3) is 0 Å². The van der Waals surface area contributed by atoms with Gasteiger partial charge in [-0.25, -0.2) is 9.97 Å². The van der Waals surface area contributed by atoms with E-state index >= 15 is 0 Å². The van der Waals surface area contributed by atoms with Gasteiger partial charge in [-0.1, -0.05) is 0 Å². The Balaban J connectivity index is 2.23. The fraction of sp³-hybridized carbons (Fsp3) is 0.600. The number of fused-ring (bicyclic) bond motifs is 1. The van der Waals surface area contributed by atoms with E-state index < -0.39 is 18.6 Å². The Morgan fingerprint density at radius 2 is 2.24 bits per heavy atom. The van der Waals surface area contributed by atoms with Crippen LogP contribution in [0.3, 0.4) is 0 Å². The highest BCUT2D eigenvalue weighted by atomic mass is 19.4. The van der Waals surface area contributed by atoms with Crippen molar-refractivity contribution >= 4 is 5.82 Å². The molecule has 1 aliphatic rings. The van der Waals surface area contributed by atoms with E-state index in [9.17, 15) is 13.2 Å². The summed E-state index contributed by atoms with van der Waals surface area (Å²) in [7, 11) is 1.59. The van der Waals surface area contributed by atoms with E-state index in [1.54, 1.807) is 14.0 Å². The lowest BCUT2D eigenvalue weighted by Crippen LogP contribution is -2.43. The topological polar surface area (TPSA) is 38.2 Å².